The predicted octanol–water partition coefficient (Wildman–Crippen LogP) is 12.8. The van der Waals surface area contributed by atoms with Crippen molar-refractivity contribution in [3.05, 3.63) is 167 Å². The lowest BCUT2D eigenvalue weighted by molar-refractivity contribution is 0.617. The molecule has 0 bridgehead atoms. The molecular weight excluding hydrogens is 598 g/mol. The average Bonchev–Trinajstić information content (AvgIpc) is 3.27. The number of hydrogen-bond acceptors (Lipinski definition) is 1. The Morgan fingerprint density at radius 3 is 2.14 bits per heavy atom. The molecule has 6 rings (SSSR count). The minimum absolute atomic E-state index is 0.0727. The van der Waals surface area contributed by atoms with Crippen LogP contribution in [0, 0.1) is 0 Å². The molecule has 1 aliphatic carbocycles. The van der Waals surface area contributed by atoms with Crippen molar-refractivity contribution in [3.63, 3.8) is 0 Å². The zero-order chi connectivity index (χ0) is 30.7. The molecule has 0 N–H and O–H groups in total. The molecule has 2 heteroatoms. The Labute approximate surface area is 271 Å². The van der Waals surface area contributed by atoms with E-state index in [1.54, 1.807) is 0 Å². The molecule has 1 aliphatic rings. The molecule has 0 aromatic heterocycles. The first kappa shape index (κ1) is 29.7. The zero-order valence-corrected chi connectivity index (χ0v) is 27.3. The third-order valence-corrected chi connectivity index (χ3v) is 9.23. The molecule has 0 fully saturated rings. The van der Waals surface area contributed by atoms with E-state index in [-0.39, 0.29) is 5.41 Å². The molecule has 5 aromatic carbocycles. The van der Waals surface area contributed by atoms with E-state index >= 15 is 0 Å². The normalized spacial score (nSPS) is 13.7. The second-order valence-electron chi connectivity index (χ2n) is 11.8. The van der Waals surface area contributed by atoms with Crippen LogP contribution < -0.4 is 4.90 Å². The van der Waals surface area contributed by atoms with E-state index in [1.807, 2.05) is 6.08 Å². The first-order valence-electron chi connectivity index (χ1n) is 15.4. The lowest BCUT2D eigenvalue weighted by Gasteiger charge is -2.30. The molecule has 0 heterocycles. The highest BCUT2D eigenvalue weighted by molar-refractivity contribution is 9.10. The van der Waals surface area contributed by atoms with Gasteiger partial charge in [-0.15, -0.1) is 6.58 Å². The van der Waals surface area contributed by atoms with Gasteiger partial charge in [-0.2, -0.15) is 0 Å². The fourth-order valence-corrected chi connectivity index (χ4v) is 7.04. The van der Waals surface area contributed by atoms with Crippen LogP contribution in [0.15, 0.2) is 156 Å². The molecule has 0 radical (unpaired) electrons. The van der Waals surface area contributed by atoms with Crippen LogP contribution in [-0.2, 0) is 5.41 Å². The number of nitrogens with zero attached hydrogens (tertiary/aromatic N) is 1. The minimum atomic E-state index is -0.0727. The Bertz CT molecular complexity index is 1880. The van der Waals surface area contributed by atoms with Gasteiger partial charge in [0.2, 0.25) is 0 Å². The van der Waals surface area contributed by atoms with Crippen molar-refractivity contribution in [1.82, 2.24) is 0 Å². The standard InChI is InChI=1S/C42H38BrN/c1-5-7-9-23-37-38-26-25-35(29-40(38)42(3,4)39(37)6-2)44(41-24-13-12-22-36(41)30-16-10-8-11-17-30)34-21-15-19-32(28-34)31-18-14-20-33(43)27-31/h5,8-29H,1,6-7H2,2-4H3/b23-9-. The summed E-state index contributed by atoms with van der Waals surface area (Å²) < 4.78 is 1.07. The van der Waals surface area contributed by atoms with Crippen molar-refractivity contribution >= 4 is 38.6 Å². The lowest BCUT2D eigenvalue weighted by Crippen LogP contribution is -2.18. The quantitative estimate of drug-likeness (QED) is 0.146. The summed E-state index contributed by atoms with van der Waals surface area (Å²) in [7, 11) is 0. The van der Waals surface area contributed by atoms with Crippen LogP contribution in [-0.4, -0.2) is 0 Å². The predicted molar refractivity (Wildman–Crippen MR) is 194 cm³/mol. The van der Waals surface area contributed by atoms with Gasteiger partial charge in [0, 0.05) is 26.8 Å². The summed E-state index contributed by atoms with van der Waals surface area (Å²) in [5.41, 5.74) is 13.6. The van der Waals surface area contributed by atoms with E-state index in [1.165, 1.54) is 44.5 Å². The van der Waals surface area contributed by atoms with Crippen LogP contribution in [0.1, 0.15) is 44.7 Å². The third-order valence-electron chi connectivity index (χ3n) is 8.74. The maximum absolute atomic E-state index is 3.91. The molecule has 1 nitrogen and oxygen atoms in total. The number of rotatable bonds is 9. The highest BCUT2D eigenvalue weighted by Crippen LogP contribution is 2.51. The summed E-state index contributed by atoms with van der Waals surface area (Å²) in [5.74, 6) is 0. The summed E-state index contributed by atoms with van der Waals surface area (Å²) in [5, 5.41) is 0. The molecule has 0 amide bonds. The molecule has 0 spiro atoms. The van der Waals surface area contributed by atoms with Gasteiger partial charge in [-0.1, -0.05) is 139 Å². The van der Waals surface area contributed by atoms with Crippen LogP contribution in [0.4, 0.5) is 17.1 Å². The summed E-state index contributed by atoms with van der Waals surface area (Å²) >= 11 is 3.67. The maximum Gasteiger partial charge on any atom is 0.0540 e. The number of anilines is 3. The molecule has 218 valence electrons. The van der Waals surface area contributed by atoms with Crippen LogP contribution in [0.3, 0.4) is 0 Å². The van der Waals surface area contributed by atoms with Gasteiger partial charge in [0.15, 0.2) is 0 Å². The van der Waals surface area contributed by atoms with Crippen LogP contribution in [0.5, 0.6) is 0 Å². The summed E-state index contributed by atoms with van der Waals surface area (Å²) in [6.07, 6.45) is 8.37. The zero-order valence-electron chi connectivity index (χ0n) is 25.7. The summed E-state index contributed by atoms with van der Waals surface area (Å²) in [6.45, 7) is 10.9. The van der Waals surface area contributed by atoms with E-state index in [9.17, 15) is 0 Å². The van der Waals surface area contributed by atoms with E-state index in [4.69, 9.17) is 0 Å². The number of hydrogen-bond donors (Lipinski definition) is 0. The number of benzene rings is 5. The topological polar surface area (TPSA) is 3.24 Å². The second-order valence-corrected chi connectivity index (χ2v) is 12.7. The van der Waals surface area contributed by atoms with Gasteiger partial charge in [-0.05, 0) is 88.7 Å². The molecule has 0 atom stereocenters. The van der Waals surface area contributed by atoms with Gasteiger partial charge < -0.3 is 4.90 Å². The molecule has 0 saturated heterocycles. The van der Waals surface area contributed by atoms with E-state index in [2.05, 4.69) is 182 Å². The average molecular weight is 637 g/mol. The van der Waals surface area contributed by atoms with Crippen molar-refractivity contribution in [3.8, 4) is 22.3 Å². The van der Waals surface area contributed by atoms with Gasteiger partial charge in [0.1, 0.15) is 0 Å². The largest absolute Gasteiger partial charge is 0.310 e. The number of fused-ring (bicyclic) bond motifs is 1. The Morgan fingerprint density at radius 2 is 1.39 bits per heavy atom. The highest BCUT2D eigenvalue weighted by Gasteiger charge is 2.36. The number of halogens is 1. The van der Waals surface area contributed by atoms with Crippen molar-refractivity contribution in [2.75, 3.05) is 4.90 Å². The molecular formula is C42H38BrN. The van der Waals surface area contributed by atoms with Crippen molar-refractivity contribution in [1.29, 1.82) is 0 Å². The second kappa shape index (κ2) is 12.7. The maximum atomic E-state index is 3.91. The van der Waals surface area contributed by atoms with Crippen molar-refractivity contribution < 1.29 is 0 Å². The summed E-state index contributed by atoms with van der Waals surface area (Å²) in [6, 6.07) is 43.9. The lowest BCUT2D eigenvalue weighted by atomic mass is 9.80. The van der Waals surface area contributed by atoms with Gasteiger partial charge in [-0.3, -0.25) is 0 Å². The number of allylic oxidation sites excluding steroid dienone is 5. The summed E-state index contributed by atoms with van der Waals surface area (Å²) in [4.78, 5) is 2.43. The number of para-hydroxylation sites is 1. The van der Waals surface area contributed by atoms with Gasteiger partial charge in [0.25, 0.3) is 0 Å². The monoisotopic (exact) mass is 635 g/mol. The van der Waals surface area contributed by atoms with E-state index in [0.29, 0.717) is 0 Å². The van der Waals surface area contributed by atoms with Crippen LogP contribution in [0.25, 0.3) is 27.8 Å². The molecule has 0 unspecified atom stereocenters. The van der Waals surface area contributed by atoms with E-state index < -0.39 is 0 Å². The SMILES string of the molecule is C=CC/C=C\C1=C(CC)C(C)(C)c2cc(N(c3cccc(-c4cccc(Br)c4)c3)c3ccccc3-c3ccccc3)ccc21. The van der Waals surface area contributed by atoms with E-state index in [0.717, 1.165) is 34.4 Å². The Hall–Kier alpha value is -4.40. The van der Waals surface area contributed by atoms with Crippen LogP contribution >= 0.6 is 15.9 Å². The first-order chi connectivity index (χ1) is 21.4. The molecule has 5 aromatic rings. The van der Waals surface area contributed by atoms with Crippen molar-refractivity contribution in [2.45, 2.75) is 39.0 Å². The van der Waals surface area contributed by atoms with Gasteiger partial charge >= 0.3 is 0 Å². The fourth-order valence-electron chi connectivity index (χ4n) is 6.64. The Balaban J connectivity index is 1.56. The fraction of sp³-hybridized carbons (Fsp3) is 0.143. The Morgan fingerprint density at radius 1 is 0.705 bits per heavy atom. The van der Waals surface area contributed by atoms with Gasteiger partial charge in [-0.25, -0.2) is 0 Å². The first-order valence-corrected chi connectivity index (χ1v) is 16.2. The van der Waals surface area contributed by atoms with Gasteiger partial charge in [0.05, 0.1) is 5.69 Å². The minimum Gasteiger partial charge on any atom is -0.310 e. The Kier molecular flexibility index (Phi) is 8.55. The molecule has 0 aliphatic heterocycles. The third kappa shape index (κ3) is 5.63. The van der Waals surface area contributed by atoms with Crippen molar-refractivity contribution in [2.24, 2.45) is 0 Å². The molecule has 44 heavy (non-hydrogen) atoms. The van der Waals surface area contributed by atoms with Crippen LogP contribution in [0.2, 0.25) is 0 Å². The molecule has 0 saturated carbocycles. The smallest absolute Gasteiger partial charge is 0.0540 e. The highest BCUT2D eigenvalue weighted by atomic mass is 79.9.